The van der Waals surface area contributed by atoms with E-state index in [2.05, 4.69) is 11.0 Å². The maximum Gasteiger partial charge on any atom is -0.0197 e. The molecule has 64 valence electrons. The fourth-order valence-corrected chi connectivity index (χ4v) is 1.18. The summed E-state index contributed by atoms with van der Waals surface area (Å²) in [4.78, 5) is 0. The molecule has 0 heterocycles. The Morgan fingerprint density at radius 2 is 2.00 bits per heavy atom. The van der Waals surface area contributed by atoms with Crippen LogP contribution in [-0.4, -0.2) is 6.54 Å². The number of para-hydroxylation sites is 1. The van der Waals surface area contributed by atoms with Crippen molar-refractivity contribution in [2.75, 3.05) is 6.54 Å². The summed E-state index contributed by atoms with van der Waals surface area (Å²) in [5, 5.41) is 4.42. The van der Waals surface area contributed by atoms with E-state index >= 15 is 0 Å². The van der Waals surface area contributed by atoms with Crippen LogP contribution in [0.2, 0.25) is 0 Å². The first kappa shape index (κ1) is 7.90. The summed E-state index contributed by atoms with van der Waals surface area (Å²) < 4.78 is 0. The van der Waals surface area contributed by atoms with Gasteiger partial charge in [-0.1, -0.05) is 49.0 Å². The zero-order valence-corrected chi connectivity index (χ0v) is 7.27. The molecule has 0 aliphatic heterocycles. The predicted octanol–water partition coefficient (Wildman–Crippen LogP) is 3.34. The van der Waals surface area contributed by atoms with Crippen molar-refractivity contribution in [3.8, 4) is 0 Å². The van der Waals surface area contributed by atoms with Crippen LogP contribution < -0.4 is 0 Å². The normalized spacial score (nSPS) is 13.1. The second kappa shape index (κ2) is 3.79. The molecule has 0 N–H and O–H groups in total. The number of hydrogen-bond acceptors (Lipinski definition) is 0. The molecule has 0 saturated carbocycles. The van der Waals surface area contributed by atoms with Gasteiger partial charge in [0.25, 0.3) is 0 Å². The quantitative estimate of drug-likeness (QED) is 0.614. The molecule has 0 aromatic heterocycles. The first-order chi connectivity index (χ1) is 6.45. The van der Waals surface area contributed by atoms with Gasteiger partial charge in [-0.3, -0.25) is 0 Å². The van der Waals surface area contributed by atoms with Crippen LogP contribution in [0.5, 0.6) is 0 Å². The number of allylic oxidation sites excluding steroid dienone is 1. The summed E-state index contributed by atoms with van der Waals surface area (Å²) in [7, 11) is 0. The van der Waals surface area contributed by atoms with Gasteiger partial charge in [0.15, 0.2) is 0 Å². The number of nitrogens with zero attached hydrogens (tertiary/aromatic N) is 1. The highest BCUT2D eigenvalue weighted by Crippen LogP contribution is 2.18. The van der Waals surface area contributed by atoms with Crippen LogP contribution in [0.1, 0.15) is 0 Å². The largest absolute Gasteiger partial charge is 0.680 e. The predicted molar refractivity (Wildman–Crippen MR) is 55.1 cm³/mol. The van der Waals surface area contributed by atoms with E-state index in [-0.39, 0.29) is 0 Å². The molecule has 0 spiro atoms. The molecule has 0 atom stereocenters. The average Bonchev–Trinajstić information content (AvgIpc) is 2.69. The van der Waals surface area contributed by atoms with Crippen LogP contribution in [0.15, 0.2) is 59.9 Å². The highest BCUT2D eigenvalue weighted by atomic mass is 14.9. The molecule has 1 nitrogen and oxygen atoms in total. The number of hydrogen-bond donors (Lipinski definition) is 0. The highest BCUT2D eigenvalue weighted by Gasteiger charge is 1.85. The van der Waals surface area contributed by atoms with Gasteiger partial charge in [0.2, 0.25) is 0 Å². The molecular formula is C12H10N-. The lowest BCUT2D eigenvalue weighted by molar-refractivity contribution is 1.36. The van der Waals surface area contributed by atoms with E-state index in [9.17, 15) is 0 Å². The zero-order valence-electron chi connectivity index (χ0n) is 7.27. The van der Waals surface area contributed by atoms with Crippen molar-refractivity contribution >= 4 is 5.69 Å². The van der Waals surface area contributed by atoms with Gasteiger partial charge in [0.05, 0.1) is 0 Å². The maximum absolute atomic E-state index is 4.42. The Bertz CT molecular complexity index is 367. The minimum Gasteiger partial charge on any atom is -0.680 e. The summed E-state index contributed by atoms with van der Waals surface area (Å²) >= 11 is 0. The molecule has 0 bridgehead atoms. The van der Waals surface area contributed by atoms with E-state index in [1.54, 1.807) is 0 Å². The molecule has 1 aromatic carbocycles. The van der Waals surface area contributed by atoms with Crippen molar-refractivity contribution < 1.29 is 0 Å². The molecule has 1 aliphatic rings. The Morgan fingerprint density at radius 1 is 1.15 bits per heavy atom. The van der Waals surface area contributed by atoms with Crippen LogP contribution in [-0.2, 0) is 0 Å². The lowest BCUT2D eigenvalue weighted by Crippen LogP contribution is -1.81. The monoisotopic (exact) mass is 168 g/mol. The lowest BCUT2D eigenvalue weighted by Gasteiger charge is -2.19. The molecule has 1 aromatic rings. The lowest BCUT2D eigenvalue weighted by atomic mass is 10.2. The summed E-state index contributed by atoms with van der Waals surface area (Å²) in [6.07, 6.45) is 5.93. The van der Waals surface area contributed by atoms with Crippen LogP contribution in [0.25, 0.3) is 5.32 Å². The molecule has 13 heavy (non-hydrogen) atoms. The zero-order chi connectivity index (χ0) is 8.93. The second-order valence-electron chi connectivity index (χ2n) is 2.85. The standard InChI is InChI=1S/C12H10N/c1-2-8-12(9-3-1)13-10-11-6-4-5-7-11/h1-6,8-9H,10H2/q-1. The Hall–Kier alpha value is -1.72. The molecule has 0 saturated heterocycles. The number of rotatable bonds is 3. The maximum atomic E-state index is 4.42. The van der Waals surface area contributed by atoms with Gasteiger partial charge in [-0.25, -0.2) is 0 Å². The molecular weight excluding hydrogens is 158 g/mol. The minimum absolute atomic E-state index is 0.719. The van der Waals surface area contributed by atoms with Crippen molar-refractivity contribution in [1.82, 2.24) is 0 Å². The Labute approximate surface area is 78.1 Å². The van der Waals surface area contributed by atoms with E-state index < -0.39 is 0 Å². The molecule has 0 fully saturated rings. The van der Waals surface area contributed by atoms with Gasteiger partial charge in [0.1, 0.15) is 0 Å². The molecule has 1 heteroatoms. The summed E-state index contributed by atoms with van der Waals surface area (Å²) in [5.41, 5.74) is 5.28. The first-order valence-electron chi connectivity index (χ1n) is 4.30. The second-order valence-corrected chi connectivity index (χ2v) is 2.85. The Morgan fingerprint density at radius 3 is 2.69 bits per heavy atom. The van der Waals surface area contributed by atoms with E-state index in [1.807, 2.05) is 48.6 Å². The van der Waals surface area contributed by atoms with E-state index in [1.165, 1.54) is 0 Å². The summed E-state index contributed by atoms with van der Waals surface area (Å²) in [6, 6.07) is 9.99. The van der Waals surface area contributed by atoms with E-state index in [0.29, 0.717) is 0 Å². The van der Waals surface area contributed by atoms with Gasteiger partial charge in [-0.2, -0.15) is 0 Å². The minimum atomic E-state index is 0.719. The van der Waals surface area contributed by atoms with Crippen molar-refractivity contribution in [3.05, 3.63) is 65.2 Å². The average molecular weight is 168 g/mol. The highest BCUT2D eigenvalue weighted by molar-refractivity contribution is 5.50. The van der Waals surface area contributed by atoms with Gasteiger partial charge in [-0.15, -0.1) is 11.4 Å². The van der Waals surface area contributed by atoms with Crippen molar-refractivity contribution in [2.45, 2.75) is 0 Å². The summed E-state index contributed by atoms with van der Waals surface area (Å²) in [5.74, 6) is 0. The summed E-state index contributed by atoms with van der Waals surface area (Å²) in [6.45, 7) is 0.719. The molecule has 2 rings (SSSR count). The van der Waals surface area contributed by atoms with Crippen molar-refractivity contribution in [3.63, 3.8) is 0 Å². The SMILES string of the molecule is C1=CC=CC=1C[N-]c1ccccc1. The van der Waals surface area contributed by atoms with Crippen LogP contribution in [0.3, 0.4) is 0 Å². The van der Waals surface area contributed by atoms with Crippen LogP contribution >= 0.6 is 0 Å². The molecule has 0 amide bonds. The Kier molecular flexibility index (Phi) is 2.31. The van der Waals surface area contributed by atoms with Crippen molar-refractivity contribution in [2.24, 2.45) is 0 Å². The third-order valence-corrected chi connectivity index (χ3v) is 1.85. The third kappa shape index (κ3) is 2.11. The molecule has 1 aliphatic carbocycles. The van der Waals surface area contributed by atoms with E-state index in [0.717, 1.165) is 17.8 Å². The van der Waals surface area contributed by atoms with E-state index in [4.69, 9.17) is 0 Å². The van der Waals surface area contributed by atoms with Crippen LogP contribution in [0, 0.1) is 0 Å². The van der Waals surface area contributed by atoms with Gasteiger partial charge in [-0.05, 0) is 11.6 Å². The fourth-order valence-electron chi connectivity index (χ4n) is 1.18. The van der Waals surface area contributed by atoms with Crippen molar-refractivity contribution in [1.29, 1.82) is 0 Å². The van der Waals surface area contributed by atoms with Gasteiger partial charge < -0.3 is 5.32 Å². The first-order valence-corrected chi connectivity index (χ1v) is 4.30. The number of benzene rings is 1. The Balaban J connectivity index is 1.94. The molecule has 0 unspecified atom stereocenters. The smallest absolute Gasteiger partial charge is 0.0197 e. The van der Waals surface area contributed by atoms with Crippen LogP contribution in [0.4, 0.5) is 5.69 Å². The molecule has 0 radical (unpaired) electrons. The fraction of sp³-hybridized carbons (Fsp3) is 0.0833. The topological polar surface area (TPSA) is 14.1 Å². The van der Waals surface area contributed by atoms with Gasteiger partial charge >= 0.3 is 0 Å². The van der Waals surface area contributed by atoms with Gasteiger partial charge in [0, 0.05) is 0 Å². The third-order valence-electron chi connectivity index (χ3n) is 1.85.